The summed E-state index contributed by atoms with van der Waals surface area (Å²) in [4.78, 5) is 22.5. The number of hydrogen-bond acceptors (Lipinski definition) is 3. The fourth-order valence-electron chi connectivity index (χ4n) is 1.84. The Bertz CT molecular complexity index is 251. The monoisotopic (exact) mass is 245 g/mol. The number of methoxy groups -OCH3 is 1. The first kappa shape index (κ1) is 15.9. The predicted octanol–water partition coefficient (Wildman–Crippen LogP) is 1.27. The lowest BCUT2D eigenvalue weighted by Crippen LogP contribution is -2.41. The Labute approximate surface area is 103 Å². The number of hydrogen-bond donors (Lipinski definition) is 2. The van der Waals surface area contributed by atoms with Crippen LogP contribution in [-0.2, 0) is 14.3 Å². The van der Waals surface area contributed by atoms with Gasteiger partial charge in [0.25, 0.3) is 0 Å². The molecule has 0 spiro atoms. The minimum atomic E-state index is -1.07. The molecule has 2 N–H and O–H groups in total. The molecule has 0 aliphatic rings. The fraction of sp³-hybridized carbons (Fsp3) is 0.833. The highest BCUT2D eigenvalue weighted by Crippen LogP contribution is 2.18. The van der Waals surface area contributed by atoms with Crippen LogP contribution >= 0.6 is 0 Å². The van der Waals surface area contributed by atoms with Crippen LogP contribution in [0.2, 0.25) is 0 Å². The van der Waals surface area contributed by atoms with E-state index in [1.807, 2.05) is 20.8 Å². The molecule has 1 amide bonds. The van der Waals surface area contributed by atoms with E-state index in [1.54, 1.807) is 0 Å². The van der Waals surface area contributed by atoms with Gasteiger partial charge in [0.2, 0.25) is 5.91 Å². The fourth-order valence-corrected chi connectivity index (χ4v) is 1.84. The summed E-state index contributed by atoms with van der Waals surface area (Å²) in [7, 11) is 1.31. The number of carboxylic acids is 1. The van der Waals surface area contributed by atoms with E-state index in [4.69, 9.17) is 9.84 Å². The Hall–Kier alpha value is -1.10. The van der Waals surface area contributed by atoms with Crippen LogP contribution in [0.4, 0.5) is 0 Å². The topological polar surface area (TPSA) is 75.6 Å². The summed E-state index contributed by atoms with van der Waals surface area (Å²) < 4.78 is 4.74. The quantitative estimate of drug-likeness (QED) is 0.675. The zero-order valence-electron chi connectivity index (χ0n) is 11.0. The Morgan fingerprint density at radius 3 is 2.18 bits per heavy atom. The first-order chi connectivity index (χ1) is 7.97. The van der Waals surface area contributed by atoms with Crippen LogP contribution in [0.1, 0.15) is 33.6 Å². The average Bonchev–Trinajstić information content (AvgIpc) is 2.30. The second-order valence-electron chi connectivity index (χ2n) is 4.17. The van der Waals surface area contributed by atoms with E-state index in [1.165, 1.54) is 7.11 Å². The molecule has 17 heavy (non-hydrogen) atoms. The zero-order chi connectivity index (χ0) is 13.4. The summed E-state index contributed by atoms with van der Waals surface area (Å²) in [6, 6.07) is 0. The molecule has 0 aromatic carbocycles. The number of aliphatic carboxylic acids is 1. The first-order valence-corrected chi connectivity index (χ1v) is 6.01. The van der Waals surface area contributed by atoms with Crippen molar-refractivity contribution in [3.63, 3.8) is 0 Å². The second kappa shape index (κ2) is 8.06. The van der Waals surface area contributed by atoms with Gasteiger partial charge in [0.05, 0.1) is 6.54 Å². The molecule has 5 nitrogen and oxygen atoms in total. The van der Waals surface area contributed by atoms with Crippen molar-refractivity contribution in [1.29, 1.82) is 0 Å². The van der Waals surface area contributed by atoms with Gasteiger partial charge in [0.1, 0.15) is 0 Å². The first-order valence-electron chi connectivity index (χ1n) is 6.01. The van der Waals surface area contributed by atoms with Crippen molar-refractivity contribution in [3.8, 4) is 0 Å². The maximum Gasteiger partial charge on any atom is 0.334 e. The normalized spacial score (nSPS) is 14.4. The molecule has 0 saturated heterocycles. The molecule has 2 atom stereocenters. The molecular formula is C12H23NO4. The Kier molecular flexibility index (Phi) is 7.54. The van der Waals surface area contributed by atoms with Gasteiger partial charge in [-0.05, 0) is 5.92 Å². The van der Waals surface area contributed by atoms with Gasteiger partial charge in [-0.25, -0.2) is 4.79 Å². The Morgan fingerprint density at radius 1 is 1.29 bits per heavy atom. The molecule has 0 fully saturated rings. The molecule has 0 rings (SSSR count). The molecule has 100 valence electrons. The van der Waals surface area contributed by atoms with Gasteiger partial charge in [-0.15, -0.1) is 0 Å². The van der Waals surface area contributed by atoms with Gasteiger partial charge in [-0.2, -0.15) is 0 Å². The highest BCUT2D eigenvalue weighted by molar-refractivity contribution is 5.80. The SMILES string of the molecule is CCC(CC)C(C)C(=O)NCC(OC)C(=O)O. The molecule has 0 aromatic rings. The van der Waals surface area contributed by atoms with E-state index in [0.717, 1.165) is 12.8 Å². The summed E-state index contributed by atoms with van der Waals surface area (Å²) in [6.07, 6.45) is 0.906. The Balaban J connectivity index is 4.21. The van der Waals surface area contributed by atoms with Gasteiger partial charge in [0.15, 0.2) is 6.10 Å². The average molecular weight is 245 g/mol. The van der Waals surface area contributed by atoms with Crippen LogP contribution < -0.4 is 5.32 Å². The lowest BCUT2D eigenvalue weighted by atomic mass is 9.88. The maximum atomic E-state index is 11.8. The number of rotatable bonds is 8. The molecule has 0 aliphatic carbocycles. The molecule has 5 heteroatoms. The van der Waals surface area contributed by atoms with Crippen LogP contribution in [-0.4, -0.2) is 36.7 Å². The number of nitrogens with one attached hydrogen (secondary N) is 1. The van der Waals surface area contributed by atoms with E-state index in [-0.39, 0.29) is 18.4 Å². The van der Waals surface area contributed by atoms with Gasteiger partial charge >= 0.3 is 5.97 Å². The number of ether oxygens (including phenoxy) is 1. The number of carbonyl (C=O) groups excluding carboxylic acids is 1. The maximum absolute atomic E-state index is 11.8. The van der Waals surface area contributed by atoms with Crippen LogP contribution in [0.15, 0.2) is 0 Å². The molecule has 0 aliphatic heterocycles. The highest BCUT2D eigenvalue weighted by Gasteiger charge is 2.23. The summed E-state index contributed by atoms with van der Waals surface area (Å²) >= 11 is 0. The van der Waals surface area contributed by atoms with Crippen molar-refractivity contribution in [3.05, 3.63) is 0 Å². The van der Waals surface area contributed by atoms with Crippen LogP contribution in [0.25, 0.3) is 0 Å². The molecule has 0 heterocycles. The van der Waals surface area contributed by atoms with Crippen molar-refractivity contribution in [2.24, 2.45) is 11.8 Å². The van der Waals surface area contributed by atoms with Gasteiger partial charge in [0, 0.05) is 13.0 Å². The molecule has 0 aromatic heterocycles. The van der Waals surface area contributed by atoms with E-state index in [2.05, 4.69) is 5.32 Å². The standard InChI is InChI=1S/C12H23NO4/c1-5-9(6-2)8(3)11(14)13-7-10(17-4)12(15)16/h8-10H,5-7H2,1-4H3,(H,13,14)(H,15,16). The van der Waals surface area contributed by atoms with E-state index in [0.29, 0.717) is 5.92 Å². The summed E-state index contributed by atoms with van der Waals surface area (Å²) in [5.41, 5.74) is 0. The molecular weight excluding hydrogens is 222 g/mol. The Morgan fingerprint density at radius 2 is 1.82 bits per heavy atom. The molecule has 0 bridgehead atoms. The van der Waals surface area contributed by atoms with E-state index >= 15 is 0 Å². The molecule has 0 saturated carbocycles. The summed E-state index contributed by atoms with van der Waals surface area (Å²) in [6.45, 7) is 5.98. The van der Waals surface area contributed by atoms with Crippen molar-refractivity contribution < 1.29 is 19.4 Å². The van der Waals surface area contributed by atoms with Crippen LogP contribution in [0, 0.1) is 11.8 Å². The third-order valence-electron chi connectivity index (χ3n) is 3.19. The lowest BCUT2D eigenvalue weighted by molar-refractivity contribution is -0.148. The van der Waals surface area contributed by atoms with Crippen LogP contribution in [0.3, 0.4) is 0 Å². The largest absolute Gasteiger partial charge is 0.479 e. The smallest absolute Gasteiger partial charge is 0.334 e. The van der Waals surface area contributed by atoms with Crippen molar-refractivity contribution in [1.82, 2.24) is 5.32 Å². The minimum Gasteiger partial charge on any atom is -0.479 e. The van der Waals surface area contributed by atoms with Crippen molar-refractivity contribution in [2.75, 3.05) is 13.7 Å². The second-order valence-corrected chi connectivity index (χ2v) is 4.17. The van der Waals surface area contributed by atoms with Gasteiger partial charge in [-0.1, -0.05) is 33.6 Å². The van der Waals surface area contributed by atoms with E-state index in [9.17, 15) is 9.59 Å². The number of amides is 1. The minimum absolute atomic E-state index is 0.00908. The lowest BCUT2D eigenvalue weighted by Gasteiger charge is -2.21. The van der Waals surface area contributed by atoms with Gasteiger partial charge in [-0.3, -0.25) is 4.79 Å². The molecule has 2 unspecified atom stereocenters. The summed E-state index contributed by atoms with van der Waals surface area (Å²) in [5, 5.41) is 11.4. The molecule has 0 radical (unpaired) electrons. The third-order valence-corrected chi connectivity index (χ3v) is 3.19. The number of carboxylic acid groups (broad SMARTS) is 1. The highest BCUT2D eigenvalue weighted by atomic mass is 16.5. The predicted molar refractivity (Wildman–Crippen MR) is 64.7 cm³/mol. The van der Waals surface area contributed by atoms with Gasteiger partial charge < -0.3 is 15.2 Å². The van der Waals surface area contributed by atoms with Crippen LogP contribution in [0.5, 0.6) is 0 Å². The van der Waals surface area contributed by atoms with Crippen molar-refractivity contribution in [2.45, 2.75) is 39.7 Å². The van der Waals surface area contributed by atoms with Crippen molar-refractivity contribution >= 4 is 11.9 Å². The zero-order valence-corrected chi connectivity index (χ0v) is 11.0. The third kappa shape index (κ3) is 5.17. The number of carbonyl (C=O) groups is 2. The van der Waals surface area contributed by atoms with E-state index < -0.39 is 12.1 Å². The summed E-state index contributed by atoms with van der Waals surface area (Å²) in [5.74, 6) is -0.942.